The smallest absolute Gasteiger partial charge is 0.180 e. The summed E-state index contributed by atoms with van der Waals surface area (Å²) in [5, 5.41) is 0.417. The van der Waals surface area contributed by atoms with E-state index in [9.17, 15) is 4.39 Å². The van der Waals surface area contributed by atoms with Crippen molar-refractivity contribution >= 4 is 16.5 Å². The van der Waals surface area contributed by atoms with E-state index in [1.54, 1.807) is 6.07 Å². The van der Waals surface area contributed by atoms with Gasteiger partial charge in [-0.05, 0) is 12.1 Å². The molecular weight excluding hydrogens is 189 g/mol. The molecule has 0 aliphatic rings. The van der Waals surface area contributed by atoms with Gasteiger partial charge in [0.15, 0.2) is 5.13 Å². The normalized spacial score (nSPS) is 10.2. The molecule has 0 saturated heterocycles. The highest BCUT2D eigenvalue weighted by atomic mass is 32.1. The fourth-order valence-corrected chi connectivity index (χ4v) is 1.65. The van der Waals surface area contributed by atoms with Crippen LogP contribution in [0, 0.1) is 5.82 Å². The van der Waals surface area contributed by atoms with Gasteiger partial charge in [-0.25, -0.2) is 9.37 Å². The number of nitrogens with two attached hydrogens (primary N) is 1. The first-order valence-electron chi connectivity index (χ1n) is 3.59. The van der Waals surface area contributed by atoms with E-state index in [-0.39, 0.29) is 5.82 Å². The minimum atomic E-state index is -0.355. The molecule has 0 aliphatic carbocycles. The zero-order chi connectivity index (χ0) is 9.26. The number of hydrogen-bond acceptors (Lipinski definition) is 4. The van der Waals surface area contributed by atoms with Gasteiger partial charge in [0, 0.05) is 12.4 Å². The summed E-state index contributed by atoms with van der Waals surface area (Å²) >= 11 is 1.22. The molecule has 2 rings (SSSR count). The Morgan fingerprint density at radius 1 is 1.38 bits per heavy atom. The van der Waals surface area contributed by atoms with Crippen LogP contribution < -0.4 is 5.73 Å². The predicted octanol–water partition coefficient (Wildman–Crippen LogP) is 1.93. The highest BCUT2D eigenvalue weighted by molar-refractivity contribution is 7.18. The summed E-state index contributed by atoms with van der Waals surface area (Å²) in [5.74, 6) is -0.355. The van der Waals surface area contributed by atoms with E-state index in [2.05, 4.69) is 9.97 Å². The number of nitrogen functional groups attached to an aromatic ring is 1. The molecule has 2 aromatic rings. The lowest BCUT2D eigenvalue weighted by molar-refractivity contribution is 0.626. The second-order valence-corrected chi connectivity index (χ2v) is 3.46. The number of pyridine rings is 1. The molecule has 0 spiro atoms. The highest BCUT2D eigenvalue weighted by Crippen LogP contribution is 2.26. The lowest BCUT2D eigenvalue weighted by atomic mass is 10.3. The fourth-order valence-electron chi connectivity index (χ4n) is 0.964. The maximum Gasteiger partial charge on any atom is 0.180 e. The Balaban J connectivity index is 2.52. The molecule has 2 heterocycles. The van der Waals surface area contributed by atoms with E-state index in [0.29, 0.717) is 15.7 Å². The van der Waals surface area contributed by atoms with Gasteiger partial charge in [0.1, 0.15) is 11.5 Å². The molecule has 0 unspecified atom stereocenters. The van der Waals surface area contributed by atoms with E-state index in [1.165, 1.54) is 29.8 Å². The zero-order valence-electron chi connectivity index (χ0n) is 6.57. The Morgan fingerprint density at radius 2 is 2.23 bits per heavy atom. The quantitative estimate of drug-likeness (QED) is 0.756. The van der Waals surface area contributed by atoms with Crippen LogP contribution in [-0.2, 0) is 0 Å². The van der Waals surface area contributed by atoms with E-state index in [0.717, 1.165) is 0 Å². The molecule has 0 amide bonds. The summed E-state index contributed by atoms with van der Waals surface area (Å²) in [6, 6.07) is 2.90. The van der Waals surface area contributed by atoms with Crippen LogP contribution in [0.25, 0.3) is 10.6 Å². The summed E-state index contributed by atoms with van der Waals surface area (Å²) in [7, 11) is 0. The Labute approximate surface area is 78.1 Å². The van der Waals surface area contributed by atoms with Crippen LogP contribution in [-0.4, -0.2) is 9.97 Å². The van der Waals surface area contributed by atoms with Gasteiger partial charge in [-0.3, -0.25) is 4.98 Å². The molecule has 66 valence electrons. The topological polar surface area (TPSA) is 51.8 Å². The van der Waals surface area contributed by atoms with Gasteiger partial charge in [0.2, 0.25) is 0 Å². The molecule has 0 radical (unpaired) electrons. The Morgan fingerprint density at radius 3 is 2.85 bits per heavy atom. The van der Waals surface area contributed by atoms with E-state index < -0.39 is 0 Å². The summed E-state index contributed by atoms with van der Waals surface area (Å²) in [4.78, 5) is 8.37. The number of halogens is 1. The molecule has 0 fully saturated rings. The fraction of sp³-hybridized carbons (Fsp3) is 0. The third-order valence-corrected chi connectivity index (χ3v) is 2.35. The maximum absolute atomic E-state index is 13.2. The average molecular weight is 195 g/mol. The number of thiazole rings is 1. The summed E-state index contributed by atoms with van der Waals surface area (Å²) < 4.78 is 13.2. The number of nitrogens with zero attached hydrogens (tertiary/aromatic N) is 2. The standard InChI is InChI=1S/C8H6FN3S/c9-5-2-1-3-11-7(5)6-4-12-8(10)13-6/h1-4H,(H2,10,12). The second-order valence-electron chi connectivity index (χ2n) is 2.40. The summed E-state index contributed by atoms with van der Waals surface area (Å²) in [6.45, 7) is 0. The third kappa shape index (κ3) is 1.50. The van der Waals surface area contributed by atoms with Gasteiger partial charge in [0.05, 0.1) is 4.88 Å². The van der Waals surface area contributed by atoms with Crippen LogP contribution in [0.4, 0.5) is 9.52 Å². The molecule has 2 N–H and O–H groups in total. The molecule has 3 nitrogen and oxygen atoms in total. The maximum atomic E-state index is 13.2. The van der Waals surface area contributed by atoms with Crippen molar-refractivity contribution in [3.63, 3.8) is 0 Å². The van der Waals surface area contributed by atoms with Crippen molar-refractivity contribution in [1.82, 2.24) is 9.97 Å². The monoisotopic (exact) mass is 195 g/mol. The first kappa shape index (κ1) is 8.12. The van der Waals surface area contributed by atoms with Crippen LogP contribution in [0.5, 0.6) is 0 Å². The summed E-state index contributed by atoms with van der Waals surface area (Å²) in [5.41, 5.74) is 5.73. The largest absolute Gasteiger partial charge is 0.375 e. The highest BCUT2D eigenvalue weighted by Gasteiger charge is 2.08. The SMILES string of the molecule is Nc1ncc(-c2ncccc2F)s1. The van der Waals surface area contributed by atoms with E-state index in [4.69, 9.17) is 5.73 Å². The molecule has 0 aromatic carbocycles. The molecule has 0 bridgehead atoms. The molecule has 2 aromatic heterocycles. The molecule has 0 saturated carbocycles. The van der Waals surface area contributed by atoms with E-state index >= 15 is 0 Å². The van der Waals surface area contributed by atoms with Gasteiger partial charge < -0.3 is 5.73 Å². The third-order valence-electron chi connectivity index (χ3n) is 1.52. The number of hydrogen-bond donors (Lipinski definition) is 1. The summed E-state index contributed by atoms with van der Waals surface area (Å²) in [6.07, 6.45) is 3.06. The van der Waals surface area contributed by atoms with Crippen LogP contribution in [0.1, 0.15) is 0 Å². The first-order chi connectivity index (χ1) is 6.27. The molecule has 13 heavy (non-hydrogen) atoms. The molecule has 0 atom stereocenters. The van der Waals surface area contributed by atoms with Crippen LogP contribution >= 0.6 is 11.3 Å². The molecule has 5 heteroatoms. The molecule has 0 aliphatic heterocycles. The van der Waals surface area contributed by atoms with Crippen LogP contribution in [0.3, 0.4) is 0 Å². The van der Waals surface area contributed by atoms with Crippen LogP contribution in [0.15, 0.2) is 24.5 Å². The van der Waals surface area contributed by atoms with Crippen molar-refractivity contribution < 1.29 is 4.39 Å². The minimum absolute atomic E-state index is 0.302. The zero-order valence-corrected chi connectivity index (χ0v) is 7.38. The molecular formula is C8H6FN3S. The van der Waals surface area contributed by atoms with Gasteiger partial charge in [0.25, 0.3) is 0 Å². The van der Waals surface area contributed by atoms with E-state index in [1.807, 2.05) is 0 Å². The van der Waals surface area contributed by atoms with Crippen molar-refractivity contribution in [2.45, 2.75) is 0 Å². The second kappa shape index (κ2) is 3.10. The van der Waals surface area contributed by atoms with Crippen molar-refractivity contribution in [2.75, 3.05) is 5.73 Å². The van der Waals surface area contributed by atoms with Crippen molar-refractivity contribution in [1.29, 1.82) is 0 Å². The van der Waals surface area contributed by atoms with Crippen molar-refractivity contribution in [3.8, 4) is 10.6 Å². The Hall–Kier alpha value is -1.49. The number of rotatable bonds is 1. The lowest BCUT2D eigenvalue weighted by Gasteiger charge is -1.95. The van der Waals surface area contributed by atoms with Crippen molar-refractivity contribution in [3.05, 3.63) is 30.3 Å². The van der Waals surface area contributed by atoms with Gasteiger partial charge in [-0.1, -0.05) is 11.3 Å². The van der Waals surface area contributed by atoms with Crippen LogP contribution in [0.2, 0.25) is 0 Å². The lowest BCUT2D eigenvalue weighted by Crippen LogP contribution is -1.84. The van der Waals surface area contributed by atoms with Gasteiger partial charge >= 0.3 is 0 Å². The Kier molecular flexibility index (Phi) is 1.94. The number of aromatic nitrogens is 2. The first-order valence-corrected chi connectivity index (χ1v) is 4.41. The van der Waals surface area contributed by atoms with Crippen molar-refractivity contribution in [2.24, 2.45) is 0 Å². The van der Waals surface area contributed by atoms with Gasteiger partial charge in [-0.15, -0.1) is 0 Å². The number of anilines is 1. The average Bonchev–Trinajstić information content (AvgIpc) is 2.53. The minimum Gasteiger partial charge on any atom is -0.375 e. The predicted molar refractivity (Wildman–Crippen MR) is 49.7 cm³/mol. The Bertz CT molecular complexity index is 427. The van der Waals surface area contributed by atoms with Gasteiger partial charge in [-0.2, -0.15) is 0 Å².